The number of nitrogens with one attached hydrogen (secondary N) is 2. The Morgan fingerprint density at radius 1 is 1.11 bits per heavy atom. The van der Waals surface area contributed by atoms with E-state index in [0.717, 1.165) is 32.1 Å². The van der Waals surface area contributed by atoms with Crippen LogP contribution >= 0.6 is 12.4 Å². The molecule has 2 fully saturated rings. The highest BCUT2D eigenvalue weighted by atomic mass is 35.5. The van der Waals surface area contributed by atoms with Crippen LogP contribution < -0.4 is 16.4 Å². The van der Waals surface area contributed by atoms with Gasteiger partial charge in [-0.3, -0.25) is 4.79 Å². The molecule has 1 aromatic carbocycles. The molecule has 1 saturated carbocycles. The average Bonchev–Trinajstić information content (AvgIpc) is 3.12. The second-order valence-electron chi connectivity index (χ2n) is 7.24. The monoisotopic (exact) mass is 398 g/mol. The molecular formula is C19H28ClFN4O2. The van der Waals surface area contributed by atoms with Crippen LogP contribution in [0.3, 0.4) is 0 Å². The summed E-state index contributed by atoms with van der Waals surface area (Å²) in [7, 11) is 0. The first-order valence-electron chi connectivity index (χ1n) is 9.38. The van der Waals surface area contributed by atoms with Gasteiger partial charge in [0.2, 0.25) is 5.91 Å². The van der Waals surface area contributed by atoms with E-state index in [2.05, 4.69) is 10.6 Å². The maximum Gasteiger partial charge on any atom is 0.319 e. The summed E-state index contributed by atoms with van der Waals surface area (Å²) in [5.41, 5.74) is 6.34. The SMILES string of the molecule is Cl.NC[C@H]1CCC[C@H]1C(=O)N1CCC(NC(=O)Nc2ccc(F)cc2)CC1. The first-order chi connectivity index (χ1) is 12.6. The first-order valence-corrected chi connectivity index (χ1v) is 9.38. The Labute approximate surface area is 165 Å². The molecule has 1 heterocycles. The molecule has 1 aliphatic carbocycles. The standard InChI is InChI=1S/C19H27FN4O2.ClH/c20-14-4-6-15(7-5-14)22-19(26)23-16-8-10-24(11-9-16)18(25)17-3-1-2-13(17)12-21;/h4-7,13,16-17H,1-3,8-12,21H2,(H2,22,23,26);1H/t13-,17-;/m1./s1. The van der Waals surface area contributed by atoms with Crippen LogP contribution in [0.25, 0.3) is 0 Å². The van der Waals surface area contributed by atoms with Gasteiger partial charge in [-0.15, -0.1) is 12.4 Å². The minimum Gasteiger partial charge on any atom is -0.342 e. The van der Waals surface area contributed by atoms with Crippen molar-refractivity contribution in [2.24, 2.45) is 17.6 Å². The van der Waals surface area contributed by atoms with Gasteiger partial charge in [0, 0.05) is 30.7 Å². The van der Waals surface area contributed by atoms with Crippen LogP contribution in [0.15, 0.2) is 24.3 Å². The Kier molecular flexibility index (Phi) is 7.86. The molecular weight excluding hydrogens is 371 g/mol. The van der Waals surface area contributed by atoms with Crippen molar-refractivity contribution in [1.82, 2.24) is 10.2 Å². The van der Waals surface area contributed by atoms with Gasteiger partial charge in [-0.2, -0.15) is 0 Å². The first kappa shape index (κ1) is 21.4. The van der Waals surface area contributed by atoms with Crippen molar-refractivity contribution in [3.8, 4) is 0 Å². The van der Waals surface area contributed by atoms with Gasteiger partial charge >= 0.3 is 6.03 Å². The Hall–Kier alpha value is -1.86. The van der Waals surface area contributed by atoms with Gasteiger partial charge in [-0.1, -0.05) is 6.42 Å². The van der Waals surface area contributed by atoms with Gasteiger partial charge in [0.1, 0.15) is 5.82 Å². The summed E-state index contributed by atoms with van der Waals surface area (Å²) in [6.07, 6.45) is 4.55. The van der Waals surface area contributed by atoms with Crippen LogP contribution in [0.5, 0.6) is 0 Å². The molecule has 0 aromatic heterocycles. The van der Waals surface area contributed by atoms with E-state index in [1.54, 1.807) is 0 Å². The van der Waals surface area contributed by atoms with Gasteiger partial charge in [-0.05, 0) is 62.4 Å². The van der Waals surface area contributed by atoms with E-state index < -0.39 is 0 Å². The lowest BCUT2D eigenvalue weighted by atomic mass is 9.93. The van der Waals surface area contributed by atoms with Crippen molar-refractivity contribution in [1.29, 1.82) is 0 Å². The Morgan fingerprint density at radius 3 is 2.41 bits per heavy atom. The van der Waals surface area contributed by atoms with Crippen LogP contribution in [0.2, 0.25) is 0 Å². The Morgan fingerprint density at radius 2 is 1.78 bits per heavy atom. The molecule has 3 rings (SSSR count). The zero-order valence-corrected chi connectivity index (χ0v) is 16.1. The fourth-order valence-electron chi connectivity index (χ4n) is 4.01. The molecule has 27 heavy (non-hydrogen) atoms. The predicted octanol–water partition coefficient (Wildman–Crippen LogP) is 2.74. The minimum absolute atomic E-state index is 0. The molecule has 2 aliphatic rings. The number of nitrogens with two attached hydrogens (primary N) is 1. The topological polar surface area (TPSA) is 87.5 Å². The summed E-state index contributed by atoms with van der Waals surface area (Å²) in [6.45, 7) is 1.90. The third-order valence-corrected chi connectivity index (χ3v) is 5.52. The fraction of sp³-hybridized carbons (Fsp3) is 0.579. The van der Waals surface area contributed by atoms with E-state index in [-0.39, 0.29) is 42.1 Å². The lowest BCUT2D eigenvalue weighted by Crippen LogP contribution is -2.49. The molecule has 0 bridgehead atoms. The molecule has 0 spiro atoms. The van der Waals surface area contributed by atoms with Crippen LogP contribution in [0.4, 0.5) is 14.9 Å². The van der Waals surface area contributed by atoms with Crippen LogP contribution in [-0.4, -0.2) is 42.5 Å². The average molecular weight is 399 g/mol. The number of anilines is 1. The van der Waals surface area contributed by atoms with Gasteiger partial charge in [0.25, 0.3) is 0 Å². The van der Waals surface area contributed by atoms with Crippen molar-refractivity contribution in [2.45, 2.75) is 38.1 Å². The van der Waals surface area contributed by atoms with Gasteiger partial charge in [0.15, 0.2) is 0 Å². The molecule has 1 aromatic rings. The highest BCUT2D eigenvalue weighted by Crippen LogP contribution is 2.33. The molecule has 3 amide bonds. The number of amides is 3. The van der Waals surface area contributed by atoms with Crippen molar-refractivity contribution < 1.29 is 14.0 Å². The Balaban J connectivity index is 0.00000261. The second kappa shape index (κ2) is 9.90. The highest BCUT2D eigenvalue weighted by Gasteiger charge is 2.36. The summed E-state index contributed by atoms with van der Waals surface area (Å²) in [4.78, 5) is 26.7. The van der Waals surface area contributed by atoms with Crippen LogP contribution in [0.1, 0.15) is 32.1 Å². The number of piperidine rings is 1. The summed E-state index contributed by atoms with van der Waals surface area (Å²) in [6, 6.07) is 5.38. The maximum absolute atomic E-state index is 12.9. The third-order valence-electron chi connectivity index (χ3n) is 5.52. The number of urea groups is 1. The molecule has 1 saturated heterocycles. The van der Waals surface area contributed by atoms with E-state index in [0.29, 0.717) is 31.2 Å². The number of nitrogens with zero attached hydrogens (tertiary/aromatic N) is 1. The van der Waals surface area contributed by atoms with Crippen LogP contribution in [-0.2, 0) is 4.79 Å². The normalized spacial score (nSPS) is 22.8. The molecule has 150 valence electrons. The van der Waals surface area contributed by atoms with Crippen molar-refractivity contribution in [3.63, 3.8) is 0 Å². The smallest absolute Gasteiger partial charge is 0.319 e. The van der Waals surface area contributed by atoms with Gasteiger partial charge in [0.05, 0.1) is 0 Å². The number of hydrogen-bond donors (Lipinski definition) is 3. The quantitative estimate of drug-likeness (QED) is 0.728. The number of carbonyl (C=O) groups excluding carboxylic acids is 2. The molecule has 4 N–H and O–H groups in total. The minimum atomic E-state index is -0.341. The summed E-state index contributed by atoms with van der Waals surface area (Å²) in [5, 5.41) is 5.63. The largest absolute Gasteiger partial charge is 0.342 e. The van der Waals surface area contributed by atoms with Gasteiger partial charge in [-0.25, -0.2) is 9.18 Å². The van der Waals surface area contributed by atoms with Gasteiger partial charge < -0.3 is 21.3 Å². The zero-order chi connectivity index (χ0) is 18.5. The van der Waals surface area contributed by atoms with E-state index >= 15 is 0 Å². The number of likely N-dealkylation sites (tertiary alicyclic amines) is 1. The summed E-state index contributed by atoms with van der Waals surface area (Å²) in [5.74, 6) is 0.283. The fourth-order valence-corrected chi connectivity index (χ4v) is 4.01. The van der Waals surface area contributed by atoms with E-state index in [1.165, 1.54) is 24.3 Å². The number of hydrogen-bond acceptors (Lipinski definition) is 3. The third kappa shape index (κ3) is 5.56. The molecule has 1 aliphatic heterocycles. The zero-order valence-electron chi connectivity index (χ0n) is 15.3. The predicted molar refractivity (Wildman–Crippen MR) is 105 cm³/mol. The van der Waals surface area contributed by atoms with E-state index in [4.69, 9.17) is 5.73 Å². The molecule has 8 heteroatoms. The summed E-state index contributed by atoms with van der Waals surface area (Å²) < 4.78 is 12.9. The molecule has 0 radical (unpaired) electrons. The van der Waals surface area contributed by atoms with Crippen molar-refractivity contribution in [2.75, 3.05) is 25.0 Å². The van der Waals surface area contributed by atoms with E-state index in [1.807, 2.05) is 4.90 Å². The number of rotatable bonds is 4. The second-order valence-corrected chi connectivity index (χ2v) is 7.24. The van der Waals surface area contributed by atoms with E-state index in [9.17, 15) is 14.0 Å². The van der Waals surface area contributed by atoms with Crippen molar-refractivity contribution in [3.05, 3.63) is 30.1 Å². The molecule has 6 nitrogen and oxygen atoms in total. The highest BCUT2D eigenvalue weighted by molar-refractivity contribution is 5.89. The van der Waals surface area contributed by atoms with Crippen molar-refractivity contribution >= 4 is 30.0 Å². The number of benzene rings is 1. The summed E-state index contributed by atoms with van der Waals surface area (Å²) >= 11 is 0. The molecule has 2 atom stereocenters. The maximum atomic E-state index is 12.9. The van der Waals surface area contributed by atoms with Crippen LogP contribution in [0, 0.1) is 17.7 Å². The number of carbonyl (C=O) groups is 2. The lowest BCUT2D eigenvalue weighted by Gasteiger charge is -2.35. The Bertz CT molecular complexity index is 635. The number of halogens is 2. The lowest BCUT2D eigenvalue weighted by molar-refractivity contribution is -0.137. The molecule has 0 unspecified atom stereocenters.